The molecule has 0 radical (unpaired) electrons. The third-order valence-electron chi connectivity index (χ3n) is 2.60. The van der Waals surface area contributed by atoms with Crippen LogP contribution < -0.4 is 10.6 Å². The van der Waals surface area contributed by atoms with Gasteiger partial charge in [-0.2, -0.15) is 0 Å². The number of nitrogens with one attached hydrogen (secondary N) is 1. The molecule has 5 nitrogen and oxygen atoms in total. The third kappa shape index (κ3) is 3.20. The summed E-state index contributed by atoms with van der Waals surface area (Å²) in [4.78, 5) is 10.2. The molecule has 6 heteroatoms. The van der Waals surface area contributed by atoms with Crippen molar-refractivity contribution in [1.82, 2.24) is 9.97 Å². The summed E-state index contributed by atoms with van der Waals surface area (Å²) < 4.78 is 0. The van der Waals surface area contributed by atoms with Gasteiger partial charge in [-0.05, 0) is 17.7 Å². The van der Waals surface area contributed by atoms with E-state index in [1.165, 1.54) is 6.20 Å². The molecule has 1 aromatic heterocycles. The van der Waals surface area contributed by atoms with E-state index in [0.29, 0.717) is 23.1 Å². The van der Waals surface area contributed by atoms with Gasteiger partial charge in [-0.15, -0.1) is 0 Å². The van der Waals surface area contributed by atoms with E-state index in [9.17, 15) is 0 Å². The highest BCUT2D eigenvalue weighted by Gasteiger charge is 2.12. The molecule has 98 valence electrons. The fourth-order valence-electron chi connectivity index (χ4n) is 1.78. The largest absolute Gasteiger partial charge is 0.382 e. The van der Waals surface area contributed by atoms with Crippen LogP contribution in [0.25, 0.3) is 0 Å². The lowest BCUT2D eigenvalue weighted by Crippen LogP contribution is -2.24. The lowest BCUT2D eigenvalue weighted by Gasteiger charge is -2.20. The first-order valence-electron chi connectivity index (χ1n) is 5.69. The van der Waals surface area contributed by atoms with Crippen LogP contribution in [0.15, 0.2) is 36.7 Å². The molecule has 1 heterocycles. The lowest BCUT2D eigenvalue weighted by molar-refractivity contribution is 0.886. The molecular weight excluding hydrogens is 262 g/mol. The molecule has 0 aliphatic carbocycles. The van der Waals surface area contributed by atoms with E-state index in [0.717, 1.165) is 5.56 Å². The van der Waals surface area contributed by atoms with Gasteiger partial charge in [-0.3, -0.25) is 5.41 Å². The molecule has 0 aliphatic rings. The van der Waals surface area contributed by atoms with E-state index in [1.807, 2.05) is 36.2 Å². The Balaban J connectivity index is 2.25. The fourth-order valence-corrected chi connectivity index (χ4v) is 2.00. The molecule has 1 aromatic carbocycles. The number of rotatable bonds is 4. The number of aromatic nitrogens is 2. The van der Waals surface area contributed by atoms with Crippen molar-refractivity contribution in [3.63, 3.8) is 0 Å². The zero-order chi connectivity index (χ0) is 13.8. The predicted molar refractivity (Wildman–Crippen MR) is 76.6 cm³/mol. The number of anilines is 1. The van der Waals surface area contributed by atoms with Crippen LogP contribution in [0.1, 0.15) is 11.3 Å². The Morgan fingerprint density at radius 3 is 2.79 bits per heavy atom. The summed E-state index contributed by atoms with van der Waals surface area (Å²) in [5.74, 6) is 0.482. The number of halogens is 1. The van der Waals surface area contributed by atoms with Crippen LogP contribution in [-0.4, -0.2) is 22.9 Å². The minimum atomic E-state index is -0.0963. The quantitative estimate of drug-likeness (QED) is 0.661. The van der Waals surface area contributed by atoms with Crippen LogP contribution in [0.5, 0.6) is 0 Å². The summed E-state index contributed by atoms with van der Waals surface area (Å²) in [6.45, 7) is 0.611. The molecular formula is C13H14ClN5. The molecule has 19 heavy (non-hydrogen) atoms. The summed E-state index contributed by atoms with van der Waals surface area (Å²) in [5, 5.41) is 8.20. The van der Waals surface area contributed by atoms with Gasteiger partial charge in [0.2, 0.25) is 0 Å². The van der Waals surface area contributed by atoms with E-state index in [-0.39, 0.29) is 5.84 Å². The zero-order valence-corrected chi connectivity index (χ0v) is 11.2. The van der Waals surface area contributed by atoms with Crippen molar-refractivity contribution in [2.45, 2.75) is 6.54 Å². The third-order valence-corrected chi connectivity index (χ3v) is 2.84. The van der Waals surface area contributed by atoms with Crippen molar-refractivity contribution < 1.29 is 0 Å². The van der Waals surface area contributed by atoms with Crippen LogP contribution >= 0.6 is 11.6 Å². The Hall–Kier alpha value is -2.14. The van der Waals surface area contributed by atoms with E-state index < -0.39 is 0 Å². The second-order valence-electron chi connectivity index (χ2n) is 4.13. The van der Waals surface area contributed by atoms with Gasteiger partial charge in [0.25, 0.3) is 0 Å². The highest BCUT2D eigenvalue weighted by atomic mass is 35.5. The fraction of sp³-hybridized carbons (Fsp3) is 0.154. The van der Waals surface area contributed by atoms with E-state index >= 15 is 0 Å². The summed E-state index contributed by atoms with van der Waals surface area (Å²) in [6, 6.07) is 7.59. The van der Waals surface area contributed by atoms with Crippen molar-refractivity contribution >= 4 is 23.3 Å². The molecule has 0 amide bonds. The zero-order valence-electron chi connectivity index (χ0n) is 10.5. The maximum atomic E-state index is 7.51. The average Bonchev–Trinajstić information content (AvgIpc) is 2.38. The molecule has 0 bridgehead atoms. The Kier molecular flexibility index (Phi) is 3.97. The number of nitrogens with zero attached hydrogens (tertiary/aromatic N) is 3. The Bertz CT molecular complexity index is 599. The standard InChI is InChI=1S/C13H14ClN5/c1-19(8-9-3-2-4-10(14)7-9)13-11(12(15)16)17-5-6-18-13/h2-7H,8H2,1H3,(H3,15,16). The SMILES string of the molecule is CN(Cc1cccc(Cl)c1)c1nccnc1C(=N)N. The number of nitrogens with two attached hydrogens (primary N) is 1. The van der Waals surface area contributed by atoms with Gasteiger partial charge in [0.15, 0.2) is 5.82 Å². The summed E-state index contributed by atoms with van der Waals surface area (Å²) in [5.41, 5.74) is 6.94. The Morgan fingerprint density at radius 2 is 2.11 bits per heavy atom. The highest BCUT2D eigenvalue weighted by Crippen LogP contribution is 2.17. The van der Waals surface area contributed by atoms with Crippen LogP contribution in [0, 0.1) is 5.41 Å². The average molecular weight is 276 g/mol. The van der Waals surface area contributed by atoms with Gasteiger partial charge in [0.05, 0.1) is 0 Å². The molecule has 0 atom stereocenters. The molecule has 2 rings (SSSR count). The molecule has 0 saturated carbocycles. The molecule has 3 N–H and O–H groups in total. The van der Waals surface area contributed by atoms with Gasteiger partial charge < -0.3 is 10.6 Å². The van der Waals surface area contributed by atoms with Gasteiger partial charge in [0.1, 0.15) is 11.5 Å². The smallest absolute Gasteiger partial charge is 0.158 e. The first-order chi connectivity index (χ1) is 9.08. The van der Waals surface area contributed by atoms with E-state index in [1.54, 1.807) is 6.20 Å². The van der Waals surface area contributed by atoms with Crippen LogP contribution in [-0.2, 0) is 6.54 Å². The number of amidine groups is 1. The Morgan fingerprint density at radius 1 is 1.37 bits per heavy atom. The highest BCUT2D eigenvalue weighted by molar-refractivity contribution is 6.30. The maximum absolute atomic E-state index is 7.51. The number of benzene rings is 1. The molecule has 0 spiro atoms. The molecule has 0 aliphatic heterocycles. The molecule has 0 unspecified atom stereocenters. The maximum Gasteiger partial charge on any atom is 0.158 e. The Labute approximate surface area is 116 Å². The van der Waals surface area contributed by atoms with Crippen molar-refractivity contribution in [1.29, 1.82) is 5.41 Å². The minimum absolute atomic E-state index is 0.0963. The lowest BCUT2D eigenvalue weighted by atomic mass is 10.2. The van der Waals surface area contributed by atoms with Gasteiger partial charge in [-0.1, -0.05) is 23.7 Å². The van der Waals surface area contributed by atoms with Gasteiger partial charge >= 0.3 is 0 Å². The first-order valence-corrected chi connectivity index (χ1v) is 6.06. The second-order valence-corrected chi connectivity index (χ2v) is 4.56. The minimum Gasteiger partial charge on any atom is -0.382 e. The summed E-state index contributed by atoms with van der Waals surface area (Å²) in [7, 11) is 1.87. The van der Waals surface area contributed by atoms with E-state index in [2.05, 4.69) is 9.97 Å². The van der Waals surface area contributed by atoms with Crippen LogP contribution in [0.2, 0.25) is 5.02 Å². The first kappa shape index (κ1) is 13.3. The predicted octanol–water partition coefficient (Wildman–Crippen LogP) is 2.05. The normalized spacial score (nSPS) is 10.2. The number of hydrogen-bond acceptors (Lipinski definition) is 4. The van der Waals surface area contributed by atoms with Crippen molar-refractivity contribution in [3.8, 4) is 0 Å². The summed E-state index contributed by atoms with van der Waals surface area (Å²) in [6.07, 6.45) is 3.10. The summed E-state index contributed by atoms with van der Waals surface area (Å²) >= 11 is 5.96. The molecule has 2 aromatic rings. The van der Waals surface area contributed by atoms with Crippen molar-refractivity contribution in [3.05, 3.63) is 52.9 Å². The van der Waals surface area contributed by atoms with Crippen molar-refractivity contribution in [2.75, 3.05) is 11.9 Å². The van der Waals surface area contributed by atoms with Gasteiger partial charge in [-0.25, -0.2) is 9.97 Å². The monoisotopic (exact) mass is 275 g/mol. The molecule has 0 fully saturated rings. The van der Waals surface area contributed by atoms with Crippen LogP contribution in [0.3, 0.4) is 0 Å². The van der Waals surface area contributed by atoms with E-state index in [4.69, 9.17) is 22.7 Å². The molecule has 0 saturated heterocycles. The number of hydrogen-bond donors (Lipinski definition) is 2. The van der Waals surface area contributed by atoms with Gasteiger partial charge in [0, 0.05) is 31.0 Å². The second kappa shape index (κ2) is 5.67. The topological polar surface area (TPSA) is 78.9 Å². The van der Waals surface area contributed by atoms with Crippen LogP contribution in [0.4, 0.5) is 5.82 Å². The van der Waals surface area contributed by atoms with Crippen molar-refractivity contribution in [2.24, 2.45) is 5.73 Å². The number of nitrogen functional groups attached to an aromatic ring is 1.